The molecule has 2 rings (SSSR count). The van der Waals surface area contributed by atoms with Crippen LogP contribution in [0.5, 0.6) is 5.75 Å². The lowest BCUT2D eigenvalue weighted by Gasteiger charge is -2.13. The van der Waals surface area contributed by atoms with Gasteiger partial charge in [0.1, 0.15) is 5.75 Å². The molecule has 0 amide bonds. The molecule has 0 radical (unpaired) electrons. The Morgan fingerprint density at radius 3 is 2.89 bits per heavy atom. The van der Waals surface area contributed by atoms with E-state index < -0.39 is 9.84 Å². The number of benzene rings is 1. The van der Waals surface area contributed by atoms with E-state index in [0.29, 0.717) is 6.54 Å². The Labute approximate surface area is 115 Å². The third-order valence-electron chi connectivity index (χ3n) is 2.73. The van der Waals surface area contributed by atoms with Crippen LogP contribution in [0.4, 0.5) is 0 Å². The molecule has 1 aromatic rings. The molecule has 4 nitrogen and oxygen atoms in total. The summed E-state index contributed by atoms with van der Waals surface area (Å²) in [4.78, 5) is 0. The van der Waals surface area contributed by atoms with E-state index in [2.05, 4.69) is 21.2 Å². The largest absolute Gasteiger partial charge is 0.496 e. The number of nitrogens with one attached hydrogen (secondary N) is 1. The Balaban J connectivity index is 2.03. The van der Waals surface area contributed by atoms with Crippen LogP contribution in [0.3, 0.4) is 0 Å². The van der Waals surface area contributed by atoms with Crippen molar-refractivity contribution in [1.82, 2.24) is 5.32 Å². The van der Waals surface area contributed by atoms with Crippen molar-refractivity contribution in [2.75, 3.05) is 12.9 Å². The van der Waals surface area contributed by atoms with E-state index in [4.69, 9.17) is 4.74 Å². The second-order valence-electron chi connectivity index (χ2n) is 4.10. The zero-order valence-electron chi connectivity index (χ0n) is 9.89. The van der Waals surface area contributed by atoms with Crippen LogP contribution in [-0.2, 0) is 16.4 Å². The van der Waals surface area contributed by atoms with Crippen LogP contribution in [0.1, 0.15) is 5.56 Å². The van der Waals surface area contributed by atoms with Gasteiger partial charge in [0.25, 0.3) is 0 Å². The minimum absolute atomic E-state index is 0.126. The van der Waals surface area contributed by atoms with Crippen molar-refractivity contribution >= 4 is 25.8 Å². The quantitative estimate of drug-likeness (QED) is 0.914. The van der Waals surface area contributed by atoms with E-state index in [-0.39, 0.29) is 11.8 Å². The van der Waals surface area contributed by atoms with E-state index >= 15 is 0 Å². The zero-order valence-corrected chi connectivity index (χ0v) is 12.3. The molecule has 1 atom stereocenters. The molecule has 0 spiro atoms. The van der Waals surface area contributed by atoms with Gasteiger partial charge in [0.15, 0.2) is 9.84 Å². The summed E-state index contributed by atoms with van der Waals surface area (Å²) in [6.45, 7) is 0.563. The third kappa shape index (κ3) is 3.34. The summed E-state index contributed by atoms with van der Waals surface area (Å²) in [6, 6.07) is 5.61. The summed E-state index contributed by atoms with van der Waals surface area (Å²) in [5.41, 5.74) is 0.990. The molecular weight excluding hydrogens is 318 g/mol. The van der Waals surface area contributed by atoms with Gasteiger partial charge in [-0.05, 0) is 18.2 Å². The van der Waals surface area contributed by atoms with E-state index in [1.807, 2.05) is 18.2 Å². The number of ether oxygens (including phenoxy) is 1. The first-order valence-corrected chi connectivity index (χ1v) is 7.98. The Morgan fingerprint density at radius 2 is 2.28 bits per heavy atom. The SMILES string of the molecule is COc1ccc(Br)cc1CNC1C=CS(=O)(=O)C1. The lowest BCUT2D eigenvalue weighted by atomic mass is 10.2. The van der Waals surface area contributed by atoms with Crippen molar-refractivity contribution in [3.05, 3.63) is 39.7 Å². The van der Waals surface area contributed by atoms with E-state index in [1.165, 1.54) is 5.41 Å². The second-order valence-corrected chi connectivity index (χ2v) is 6.95. The summed E-state index contributed by atoms with van der Waals surface area (Å²) in [5.74, 6) is 0.916. The molecule has 0 fully saturated rings. The van der Waals surface area contributed by atoms with Gasteiger partial charge in [-0.15, -0.1) is 0 Å². The van der Waals surface area contributed by atoms with Crippen LogP contribution in [0.15, 0.2) is 34.2 Å². The van der Waals surface area contributed by atoms with Crippen LogP contribution < -0.4 is 10.1 Å². The molecular formula is C12H14BrNO3S. The predicted molar refractivity (Wildman–Crippen MR) is 74.2 cm³/mol. The fraction of sp³-hybridized carbons (Fsp3) is 0.333. The first kappa shape index (κ1) is 13.6. The number of sulfone groups is 1. The average Bonchev–Trinajstić information content (AvgIpc) is 2.66. The van der Waals surface area contributed by atoms with E-state index in [0.717, 1.165) is 15.8 Å². The molecule has 1 aromatic carbocycles. The Kier molecular flexibility index (Phi) is 4.09. The lowest BCUT2D eigenvalue weighted by molar-refractivity contribution is 0.407. The smallest absolute Gasteiger partial charge is 0.173 e. The number of halogens is 1. The number of rotatable bonds is 4. The molecule has 18 heavy (non-hydrogen) atoms. The molecule has 0 aliphatic carbocycles. The maximum absolute atomic E-state index is 11.3. The van der Waals surface area contributed by atoms with Gasteiger partial charge in [-0.25, -0.2) is 8.42 Å². The molecule has 0 saturated carbocycles. The first-order valence-electron chi connectivity index (χ1n) is 5.47. The van der Waals surface area contributed by atoms with Crippen molar-refractivity contribution < 1.29 is 13.2 Å². The maximum Gasteiger partial charge on any atom is 0.173 e. The van der Waals surface area contributed by atoms with Gasteiger partial charge in [-0.2, -0.15) is 0 Å². The number of hydrogen-bond acceptors (Lipinski definition) is 4. The van der Waals surface area contributed by atoms with E-state index in [1.54, 1.807) is 13.2 Å². The van der Waals surface area contributed by atoms with Crippen LogP contribution in [0.25, 0.3) is 0 Å². The third-order valence-corrected chi connectivity index (χ3v) is 4.62. The Morgan fingerprint density at radius 1 is 1.50 bits per heavy atom. The maximum atomic E-state index is 11.3. The van der Waals surface area contributed by atoms with Gasteiger partial charge in [-0.3, -0.25) is 0 Å². The second kappa shape index (κ2) is 5.42. The number of methoxy groups -OCH3 is 1. The van der Waals surface area contributed by atoms with Gasteiger partial charge in [0.2, 0.25) is 0 Å². The normalized spacial score (nSPS) is 21.1. The molecule has 0 aromatic heterocycles. The standard InChI is InChI=1S/C12H14BrNO3S/c1-17-12-3-2-10(13)6-9(12)7-14-11-4-5-18(15,16)8-11/h2-6,11,14H,7-8H2,1H3. The van der Waals surface area contributed by atoms with Crippen molar-refractivity contribution in [3.63, 3.8) is 0 Å². The summed E-state index contributed by atoms with van der Waals surface area (Å²) in [7, 11) is -1.39. The van der Waals surface area contributed by atoms with Crippen LogP contribution >= 0.6 is 15.9 Å². The average molecular weight is 332 g/mol. The van der Waals surface area contributed by atoms with Crippen molar-refractivity contribution in [2.45, 2.75) is 12.6 Å². The highest BCUT2D eigenvalue weighted by Crippen LogP contribution is 2.23. The highest BCUT2D eigenvalue weighted by Gasteiger charge is 2.21. The molecule has 1 aliphatic heterocycles. The van der Waals surface area contributed by atoms with Gasteiger partial charge < -0.3 is 10.1 Å². The molecule has 6 heteroatoms. The van der Waals surface area contributed by atoms with Crippen LogP contribution in [-0.4, -0.2) is 27.3 Å². The van der Waals surface area contributed by atoms with Crippen molar-refractivity contribution in [2.24, 2.45) is 0 Å². The van der Waals surface area contributed by atoms with Gasteiger partial charge in [0.05, 0.1) is 12.9 Å². The minimum atomic E-state index is -3.01. The Hall–Kier alpha value is -0.850. The summed E-state index contributed by atoms with van der Waals surface area (Å²) in [6.07, 6.45) is 1.68. The van der Waals surface area contributed by atoms with Crippen molar-refractivity contribution in [3.8, 4) is 5.75 Å². The van der Waals surface area contributed by atoms with Crippen LogP contribution in [0, 0.1) is 0 Å². The predicted octanol–water partition coefficient (Wildman–Crippen LogP) is 1.86. The molecule has 1 heterocycles. The topological polar surface area (TPSA) is 55.4 Å². The molecule has 1 aliphatic rings. The fourth-order valence-electron chi connectivity index (χ4n) is 1.83. The Bertz CT molecular complexity index is 569. The number of hydrogen-bond donors (Lipinski definition) is 1. The molecule has 1 unspecified atom stereocenters. The van der Waals surface area contributed by atoms with E-state index in [9.17, 15) is 8.42 Å². The lowest BCUT2D eigenvalue weighted by Crippen LogP contribution is -2.29. The highest BCUT2D eigenvalue weighted by atomic mass is 79.9. The zero-order chi connectivity index (χ0) is 13.2. The van der Waals surface area contributed by atoms with Gasteiger partial charge in [0, 0.05) is 28.0 Å². The fourth-order valence-corrected chi connectivity index (χ4v) is 3.51. The summed E-state index contributed by atoms with van der Waals surface area (Å²) >= 11 is 3.40. The molecule has 1 N–H and O–H groups in total. The van der Waals surface area contributed by atoms with Crippen molar-refractivity contribution in [1.29, 1.82) is 0 Å². The highest BCUT2D eigenvalue weighted by molar-refractivity contribution is 9.10. The minimum Gasteiger partial charge on any atom is -0.496 e. The molecule has 98 valence electrons. The van der Waals surface area contributed by atoms with Gasteiger partial charge in [-0.1, -0.05) is 22.0 Å². The molecule has 0 saturated heterocycles. The van der Waals surface area contributed by atoms with Crippen LogP contribution in [0.2, 0.25) is 0 Å². The first-order chi connectivity index (χ1) is 8.50. The summed E-state index contributed by atoms with van der Waals surface area (Å²) in [5, 5.41) is 4.46. The molecule has 0 bridgehead atoms. The summed E-state index contributed by atoms with van der Waals surface area (Å²) < 4.78 is 28.8. The van der Waals surface area contributed by atoms with Gasteiger partial charge >= 0.3 is 0 Å². The monoisotopic (exact) mass is 331 g/mol.